The molecule has 1 aliphatic heterocycles. The first-order valence-electron chi connectivity index (χ1n) is 8.67. The lowest BCUT2D eigenvalue weighted by Crippen LogP contribution is -2.33. The molecule has 0 bridgehead atoms. The predicted molar refractivity (Wildman–Crippen MR) is 108 cm³/mol. The van der Waals surface area contributed by atoms with E-state index in [1.54, 1.807) is 6.07 Å². The van der Waals surface area contributed by atoms with Gasteiger partial charge in [-0.05, 0) is 30.5 Å². The topological polar surface area (TPSA) is 87.8 Å². The summed E-state index contributed by atoms with van der Waals surface area (Å²) >= 11 is 6.49. The van der Waals surface area contributed by atoms with Crippen molar-refractivity contribution in [2.45, 2.75) is 37.9 Å². The first-order chi connectivity index (χ1) is 12.9. The van der Waals surface area contributed by atoms with Gasteiger partial charge in [0.05, 0.1) is 16.9 Å². The van der Waals surface area contributed by atoms with E-state index >= 15 is 0 Å². The highest BCUT2D eigenvalue weighted by Gasteiger charge is 2.37. The van der Waals surface area contributed by atoms with Crippen LogP contribution in [-0.4, -0.2) is 38.0 Å². The number of fused-ring (bicyclic) bond motifs is 1. The first kappa shape index (κ1) is 19.6. The number of hydrogen-bond acceptors (Lipinski definition) is 6. The fraction of sp³-hybridized carbons (Fsp3) is 0.368. The molecule has 1 amide bonds. The molecular formula is C19H19NO5S2. The number of rotatable bonds is 7. The molecule has 0 aliphatic carbocycles. The summed E-state index contributed by atoms with van der Waals surface area (Å²) < 4.78 is 6.01. The molecule has 2 aromatic rings. The highest BCUT2D eigenvalue weighted by atomic mass is 32.2. The van der Waals surface area contributed by atoms with Crippen LogP contribution in [0.15, 0.2) is 33.7 Å². The Labute approximate surface area is 165 Å². The molecule has 3 rings (SSSR count). The van der Waals surface area contributed by atoms with Crippen molar-refractivity contribution in [3.05, 3.63) is 45.8 Å². The monoisotopic (exact) mass is 405 g/mol. The van der Waals surface area contributed by atoms with Gasteiger partial charge in [0.2, 0.25) is 5.91 Å². The van der Waals surface area contributed by atoms with Crippen molar-refractivity contribution in [2.24, 2.45) is 0 Å². The summed E-state index contributed by atoms with van der Waals surface area (Å²) in [4.78, 5) is 37.5. The molecule has 8 heteroatoms. The number of carbonyl (C=O) groups excluding carboxylic acids is 1. The SMILES string of the molecule is CCc1ccc2occ(CC3SC(=S)N(CCCC(=O)O)C3=O)c(=O)c2c1. The Kier molecular flexibility index (Phi) is 5.96. The van der Waals surface area contributed by atoms with Crippen molar-refractivity contribution in [1.29, 1.82) is 0 Å². The number of thioether (sulfide) groups is 1. The van der Waals surface area contributed by atoms with E-state index in [9.17, 15) is 14.4 Å². The van der Waals surface area contributed by atoms with Crippen LogP contribution < -0.4 is 5.43 Å². The van der Waals surface area contributed by atoms with Crippen molar-refractivity contribution in [1.82, 2.24) is 4.90 Å². The molecule has 1 unspecified atom stereocenters. The number of nitrogens with zero attached hydrogens (tertiary/aromatic N) is 1. The van der Waals surface area contributed by atoms with Crippen LogP contribution in [0.3, 0.4) is 0 Å². The van der Waals surface area contributed by atoms with E-state index in [2.05, 4.69) is 0 Å². The van der Waals surface area contributed by atoms with Crippen molar-refractivity contribution in [2.75, 3.05) is 6.54 Å². The molecule has 1 fully saturated rings. The molecule has 0 spiro atoms. The average molecular weight is 405 g/mol. The van der Waals surface area contributed by atoms with Gasteiger partial charge in [-0.15, -0.1) is 0 Å². The molecule has 1 aliphatic rings. The Morgan fingerprint density at radius 1 is 1.37 bits per heavy atom. The zero-order valence-corrected chi connectivity index (χ0v) is 16.4. The molecule has 1 N–H and O–H groups in total. The van der Waals surface area contributed by atoms with Crippen LogP contribution in [0.2, 0.25) is 0 Å². The number of hydrogen-bond donors (Lipinski definition) is 1. The van der Waals surface area contributed by atoms with E-state index in [1.807, 2.05) is 19.1 Å². The third-order valence-corrected chi connectivity index (χ3v) is 6.08. The minimum Gasteiger partial charge on any atom is -0.481 e. The molecule has 1 saturated heterocycles. The van der Waals surface area contributed by atoms with E-state index in [4.69, 9.17) is 21.7 Å². The van der Waals surface area contributed by atoms with Gasteiger partial charge in [-0.2, -0.15) is 0 Å². The zero-order valence-electron chi connectivity index (χ0n) is 14.8. The number of aryl methyl sites for hydroxylation is 1. The fourth-order valence-corrected chi connectivity index (χ4v) is 4.57. The summed E-state index contributed by atoms with van der Waals surface area (Å²) in [5.74, 6) is -1.09. The Morgan fingerprint density at radius 3 is 2.85 bits per heavy atom. The fourth-order valence-electron chi connectivity index (χ4n) is 3.00. The Bertz CT molecular complexity index is 968. The number of carboxylic acid groups (broad SMARTS) is 1. The van der Waals surface area contributed by atoms with Crippen LogP contribution in [0.25, 0.3) is 11.0 Å². The van der Waals surface area contributed by atoms with Gasteiger partial charge in [0.1, 0.15) is 9.90 Å². The van der Waals surface area contributed by atoms with Crippen LogP contribution in [0.4, 0.5) is 0 Å². The molecule has 0 saturated carbocycles. The lowest BCUT2D eigenvalue weighted by atomic mass is 10.1. The average Bonchev–Trinajstić information content (AvgIpc) is 2.91. The van der Waals surface area contributed by atoms with Crippen LogP contribution in [0.1, 0.15) is 30.9 Å². The number of benzene rings is 1. The maximum Gasteiger partial charge on any atom is 0.303 e. The van der Waals surface area contributed by atoms with Gasteiger partial charge in [0, 0.05) is 24.9 Å². The summed E-state index contributed by atoms with van der Waals surface area (Å²) in [5, 5.41) is 8.76. The van der Waals surface area contributed by atoms with Crippen LogP contribution in [0.5, 0.6) is 0 Å². The zero-order chi connectivity index (χ0) is 19.6. The highest BCUT2D eigenvalue weighted by Crippen LogP contribution is 2.30. The van der Waals surface area contributed by atoms with Gasteiger partial charge in [-0.1, -0.05) is 37.0 Å². The lowest BCUT2D eigenvalue weighted by molar-refractivity contribution is -0.137. The normalized spacial score (nSPS) is 17.1. The minimum atomic E-state index is -0.906. The smallest absolute Gasteiger partial charge is 0.303 e. The first-order valence-corrected chi connectivity index (χ1v) is 9.96. The molecule has 142 valence electrons. The van der Waals surface area contributed by atoms with E-state index in [1.165, 1.54) is 22.9 Å². The van der Waals surface area contributed by atoms with E-state index < -0.39 is 11.2 Å². The van der Waals surface area contributed by atoms with Crippen LogP contribution in [-0.2, 0) is 22.4 Å². The van der Waals surface area contributed by atoms with E-state index in [-0.39, 0.29) is 30.7 Å². The third kappa shape index (κ3) is 4.22. The quantitative estimate of drug-likeness (QED) is 0.709. The minimum absolute atomic E-state index is 0.0181. The summed E-state index contributed by atoms with van der Waals surface area (Å²) in [6, 6.07) is 5.54. The molecule has 0 radical (unpaired) electrons. The standard InChI is InChI=1S/C19H19NO5S2/c1-2-11-5-6-14-13(8-11)17(23)12(10-25-14)9-15-18(24)20(19(26)27-15)7-3-4-16(21)22/h5-6,8,10,15H,2-4,7,9H2,1H3,(H,21,22). The summed E-state index contributed by atoms with van der Waals surface area (Å²) in [6.07, 6.45) is 2.78. The van der Waals surface area contributed by atoms with Crippen LogP contribution in [0, 0.1) is 0 Å². The van der Waals surface area contributed by atoms with Crippen molar-refractivity contribution in [3.8, 4) is 0 Å². The predicted octanol–water partition coefficient (Wildman–Crippen LogP) is 2.99. The Morgan fingerprint density at radius 2 is 2.15 bits per heavy atom. The van der Waals surface area contributed by atoms with Crippen LogP contribution >= 0.6 is 24.0 Å². The van der Waals surface area contributed by atoms with Gasteiger partial charge in [-0.25, -0.2) is 0 Å². The maximum absolute atomic E-state index is 12.8. The Hall–Kier alpha value is -2.19. The lowest BCUT2D eigenvalue weighted by Gasteiger charge is -2.14. The van der Waals surface area contributed by atoms with Gasteiger partial charge in [-0.3, -0.25) is 19.3 Å². The molecule has 2 heterocycles. The van der Waals surface area contributed by atoms with Crippen molar-refractivity contribution >= 4 is 51.1 Å². The molecule has 6 nitrogen and oxygen atoms in total. The van der Waals surface area contributed by atoms with Gasteiger partial charge in [0.15, 0.2) is 5.43 Å². The van der Waals surface area contributed by atoms with E-state index in [0.29, 0.717) is 27.3 Å². The number of amides is 1. The van der Waals surface area contributed by atoms with Crippen molar-refractivity contribution < 1.29 is 19.1 Å². The van der Waals surface area contributed by atoms with Crippen molar-refractivity contribution in [3.63, 3.8) is 0 Å². The maximum atomic E-state index is 12.8. The Balaban J connectivity index is 1.78. The second-order valence-corrected chi connectivity index (χ2v) is 8.17. The molecule has 1 atom stereocenters. The summed E-state index contributed by atoms with van der Waals surface area (Å²) in [5.41, 5.74) is 1.88. The third-order valence-electron chi connectivity index (χ3n) is 4.50. The molecule has 1 aromatic heterocycles. The molecular weight excluding hydrogens is 386 g/mol. The number of aliphatic carboxylic acids is 1. The number of carbonyl (C=O) groups is 2. The number of carboxylic acids is 1. The van der Waals surface area contributed by atoms with Gasteiger partial charge >= 0.3 is 5.97 Å². The molecule has 1 aromatic carbocycles. The summed E-state index contributed by atoms with van der Waals surface area (Å²) in [6.45, 7) is 2.29. The van der Waals surface area contributed by atoms with E-state index in [0.717, 1.165) is 12.0 Å². The second-order valence-electron chi connectivity index (χ2n) is 6.34. The molecule has 27 heavy (non-hydrogen) atoms. The highest BCUT2D eigenvalue weighted by molar-refractivity contribution is 8.24. The summed E-state index contributed by atoms with van der Waals surface area (Å²) in [7, 11) is 0. The van der Waals surface area contributed by atoms with Gasteiger partial charge in [0.25, 0.3) is 0 Å². The second kappa shape index (κ2) is 8.22. The van der Waals surface area contributed by atoms with Gasteiger partial charge < -0.3 is 9.52 Å². The largest absolute Gasteiger partial charge is 0.481 e. The number of thiocarbonyl (C=S) groups is 1.